The summed E-state index contributed by atoms with van der Waals surface area (Å²) < 4.78 is 72.0. The fourth-order valence-corrected chi connectivity index (χ4v) is 12.7. The van der Waals surface area contributed by atoms with Crippen molar-refractivity contribution in [2.75, 3.05) is 0 Å². The van der Waals surface area contributed by atoms with Crippen molar-refractivity contribution in [1.29, 1.82) is 0 Å². The topological polar surface area (TPSA) is 114 Å². The quantitative estimate of drug-likeness (QED) is 0.0247. The molecule has 0 atom stereocenters. The Hall–Kier alpha value is -1.21. The van der Waals surface area contributed by atoms with E-state index in [1.165, 1.54) is 266 Å². The second-order valence-corrected chi connectivity index (χ2v) is 25.5. The van der Waals surface area contributed by atoms with Crippen LogP contribution in [-0.2, 0) is 45.9 Å². The first-order chi connectivity index (χ1) is 36.9. The normalized spacial score (nSPS) is 11.8. The van der Waals surface area contributed by atoms with Gasteiger partial charge in [0, 0.05) is 0 Å². The zero-order chi connectivity index (χ0) is 55.0. The van der Waals surface area contributed by atoms with Crippen LogP contribution >= 0.6 is 0 Å². The molecule has 0 amide bonds. The van der Waals surface area contributed by atoms with Crippen LogP contribution in [0.15, 0.2) is 70.5 Å². The van der Waals surface area contributed by atoms with Crippen molar-refractivity contribution in [3.63, 3.8) is 0 Å². The van der Waals surface area contributed by atoms with Gasteiger partial charge in [-0.25, -0.2) is 16.8 Å². The van der Waals surface area contributed by atoms with E-state index in [1.807, 2.05) is 24.3 Å². The molecule has 4 aromatic carbocycles. The van der Waals surface area contributed by atoms with E-state index in [9.17, 15) is 25.9 Å². The molecule has 0 saturated heterocycles. The minimum absolute atomic E-state index is 0. The van der Waals surface area contributed by atoms with Crippen LogP contribution in [0.1, 0.15) is 307 Å². The van der Waals surface area contributed by atoms with Crippen LogP contribution < -0.4 is 0 Å². The molecule has 0 heterocycles. The molecule has 0 N–H and O–H groups in total. The molecule has 77 heavy (non-hydrogen) atoms. The standard InChI is InChI=1S/2C34H56O3S.Ba/c2*1-3-5-7-9-11-13-15-17-19-21-24-30-28-31(25-22-20-18-16-14-12-10-8-6-4-2)32-26-23-27-34(33(32)29-30)38(35,36)37;/h2*23,26-29H,3-22,24-25H2,1-2H3,(H,35,36,37);/q;;+2/p-2. The summed E-state index contributed by atoms with van der Waals surface area (Å²) in [6, 6.07) is 18.9. The molecule has 0 bridgehead atoms. The SMILES string of the molecule is CCCCCCCCCCCCc1cc(CCCCCCCCCCCC)c2cccc(S(=O)(=O)[O-])c2c1.CCCCCCCCCCCCc1cc(CCCCCCCCCCCC)c2cccc(S(=O)(=O)[O-])c2c1.[Ba+2]. The maximum atomic E-state index is 12.0. The molecular formula is C68H110BaO6S2. The minimum Gasteiger partial charge on any atom is -0.744 e. The number of rotatable bonds is 46. The van der Waals surface area contributed by atoms with Crippen molar-refractivity contribution in [1.82, 2.24) is 0 Å². The van der Waals surface area contributed by atoms with Crippen LogP contribution in [0.25, 0.3) is 21.5 Å². The molecular weight excluding hydrogens is 1110 g/mol. The summed E-state index contributed by atoms with van der Waals surface area (Å²) in [5.41, 5.74) is 4.76. The fraction of sp³-hybridized carbons (Fsp3) is 0.706. The van der Waals surface area contributed by atoms with Crippen LogP contribution in [0.2, 0.25) is 0 Å². The van der Waals surface area contributed by atoms with Gasteiger partial charge in [0.05, 0.1) is 9.79 Å². The number of fused-ring (bicyclic) bond motifs is 2. The Morgan fingerprint density at radius 1 is 0.286 bits per heavy atom. The monoisotopic (exact) mass is 1220 g/mol. The molecule has 432 valence electrons. The van der Waals surface area contributed by atoms with Crippen molar-refractivity contribution in [3.05, 3.63) is 82.9 Å². The van der Waals surface area contributed by atoms with E-state index in [2.05, 4.69) is 39.8 Å². The largest absolute Gasteiger partial charge is 2.00 e. The van der Waals surface area contributed by atoms with E-state index in [4.69, 9.17) is 0 Å². The predicted octanol–water partition coefficient (Wildman–Crippen LogP) is 21.0. The van der Waals surface area contributed by atoms with Gasteiger partial charge in [-0.05, 0) is 119 Å². The van der Waals surface area contributed by atoms with Gasteiger partial charge in [0.15, 0.2) is 0 Å². The van der Waals surface area contributed by atoms with Gasteiger partial charge in [-0.15, -0.1) is 0 Å². The number of hydrogen-bond donors (Lipinski definition) is 0. The summed E-state index contributed by atoms with van der Waals surface area (Å²) in [6.07, 6.45) is 55.9. The summed E-state index contributed by atoms with van der Waals surface area (Å²) in [7, 11) is -9.00. The van der Waals surface area contributed by atoms with Crippen molar-refractivity contribution in [2.24, 2.45) is 0 Å². The molecule has 4 aromatic rings. The van der Waals surface area contributed by atoms with E-state index in [-0.39, 0.29) is 58.7 Å². The van der Waals surface area contributed by atoms with Gasteiger partial charge in [0.2, 0.25) is 0 Å². The summed E-state index contributed by atoms with van der Waals surface area (Å²) in [5.74, 6) is 0. The third-order valence-electron chi connectivity index (χ3n) is 16.0. The Morgan fingerprint density at radius 2 is 0.506 bits per heavy atom. The molecule has 0 aromatic heterocycles. The van der Waals surface area contributed by atoms with Crippen molar-refractivity contribution in [3.8, 4) is 0 Å². The number of aryl methyl sites for hydroxylation is 4. The van der Waals surface area contributed by atoms with Gasteiger partial charge < -0.3 is 9.11 Å². The average molecular weight is 1230 g/mol. The van der Waals surface area contributed by atoms with Crippen LogP contribution in [0, 0.1) is 0 Å². The number of hydrogen-bond acceptors (Lipinski definition) is 6. The summed E-state index contributed by atoms with van der Waals surface area (Å²) in [5, 5.41) is 3.11. The first-order valence-electron chi connectivity index (χ1n) is 31.9. The first-order valence-corrected chi connectivity index (χ1v) is 34.8. The van der Waals surface area contributed by atoms with Gasteiger partial charge in [-0.2, -0.15) is 0 Å². The maximum absolute atomic E-state index is 12.0. The van der Waals surface area contributed by atoms with Crippen molar-refractivity contribution in [2.45, 2.75) is 320 Å². The summed E-state index contributed by atoms with van der Waals surface area (Å²) in [6.45, 7) is 9.04. The maximum Gasteiger partial charge on any atom is 2.00 e. The van der Waals surface area contributed by atoms with Gasteiger partial charge in [0.1, 0.15) is 20.2 Å². The molecule has 0 radical (unpaired) electrons. The van der Waals surface area contributed by atoms with Gasteiger partial charge in [0.25, 0.3) is 0 Å². The van der Waals surface area contributed by atoms with E-state index in [1.54, 1.807) is 12.1 Å². The Morgan fingerprint density at radius 3 is 0.740 bits per heavy atom. The Balaban J connectivity index is 0.000000520. The summed E-state index contributed by atoms with van der Waals surface area (Å²) in [4.78, 5) is -0.131. The van der Waals surface area contributed by atoms with Crippen LogP contribution in [0.3, 0.4) is 0 Å². The molecule has 0 saturated carbocycles. The average Bonchev–Trinajstić information content (AvgIpc) is 3.42. The van der Waals surface area contributed by atoms with Gasteiger partial charge in [-0.1, -0.05) is 295 Å². The molecule has 0 aliphatic rings. The molecule has 4 rings (SSSR count). The Kier molecular flexibility index (Phi) is 42.3. The second-order valence-electron chi connectivity index (χ2n) is 22.8. The number of benzene rings is 4. The third kappa shape index (κ3) is 32.3. The molecule has 0 spiro atoms. The predicted molar refractivity (Wildman–Crippen MR) is 332 cm³/mol. The zero-order valence-electron chi connectivity index (χ0n) is 49.9. The Labute approximate surface area is 514 Å². The molecule has 0 fully saturated rings. The minimum atomic E-state index is -4.50. The van der Waals surface area contributed by atoms with Crippen LogP contribution in [-0.4, -0.2) is 74.8 Å². The third-order valence-corrected chi connectivity index (χ3v) is 17.8. The van der Waals surface area contributed by atoms with E-state index in [0.717, 1.165) is 62.1 Å². The van der Waals surface area contributed by atoms with Crippen LogP contribution in [0.5, 0.6) is 0 Å². The Bertz CT molecular complexity index is 2160. The van der Waals surface area contributed by atoms with Gasteiger partial charge >= 0.3 is 48.9 Å². The summed E-state index contributed by atoms with van der Waals surface area (Å²) >= 11 is 0. The fourth-order valence-electron chi connectivity index (χ4n) is 11.4. The second kappa shape index (κ2) is 45.3. The molecule has 0 unspecified atom stereocenters. The van der Waals surface area contributed by atoms with E-state index in [0.29, 0.717) is 10.8 Å². The van der Waals surface area contributed by atoms with E-state index >= 15 is 0 Å². The van der Waals surface area contributed by atoms with Crippen molar-refractivity contribution < 1.29 is 25.9 Å². The smallest absolute Gasteiger partial charge is 0.744 e. The zero-order valence-corrected chi connectivity index (χ0v) is 55.9. The van der Waals surface area contributed by atoms with E-state index < -0.39 is 20.2 Å². The molecule has 0 aliphatic heterocycles. The van der Waals surface area contributed by atoms with Crippen molar-refractivity contribution >= 4 is 90.7 Å². The van der Waals surface area contributed by atoms with Crippen LogP contribution in [0.4, 0.5) is 0 Å². The van der Waals surface area contributed by atoms with Gasteiger partial charge in [-0.3, -0.25) is 0 Å². The first kappa shape index (κ1) is 71.9. The molecule has 9 heteroatoms. The molecule has 6 nitrogen and oxygen atoms in total. The molecule has 0 aliphatic carbocycles. The number of unbranched alkanes of at least 4 members (excludes halogenated alkanes) is 36.